The Kier molecular flexibility index (Phi) is 5.04. The van der Waals surface area contributed by atoms with Gasteiger partial charge in [0.05, 0.1) is 0 Å². The van der Waals surface area contributed by atoms with Crippen LogP contribution in [0.25, 0.3) is 10.9 Å². The number of likely N-dealkylation sites (N-methyl/N-ethyl adjacent to an activating group) is 1. The highest BCUT2D eigenvalue weighted by molar-refractivity contribution is 6.06. The summed E-state index contributed by atoms with van der Waals surface area (Å²) in [7, 11) is 1.71. The first-order chi connectivity index (χ1) is 13.7. The standard InChI is InChI=1S/C22H21N3O3/c1-23-19(12-14-5-4-6-15(11-14)13-26)22(27)28-21-20-17(9-10-24-21)16-7-2-3-8-18(16)25-20/h2-8,11,13,19,23,25H,9-10,12H2,1H3/t19-/m0/s1. The second-order valence-electron chi connectivity index (χ2n) is 6.79. The quantitative estimate of drug-likeness (QED) is 0.530. The van der Waals surface area contributed by atoms with Crippen molar-refractivity contribution >= 4 is 29.1 Å². The number of aldehydes is 1. The lowest BCUT2D eigenvalue weighted by Gasteiger charge is -2.18. The third-order valence-electron chi connectivity index (χ3n) is 5.00. The van der Waals surface area contributed by atoms with Crippen molar-refractivity contribution in [2.45, 2.75) is 18.9 Å². The maximum atomic E-state index is 12.8. The number of rotatable bonds is 5. The Bertz CT molecular complexity index is 1070. The van der Waals surface area contributed by atoms with Gasteiger partial charge in [0.25, 0.3) is 0 Å². The SMILES string of the molecule is CN[C@@H](Cc1cccc(C=O)c1)C(=O)OC1=NCCc2c1[nH]c1ccccc21. The molecule has 2 aromatic carbocycles. The number of hydrogen-bond donors (Lipinski definition) is 2. The molecule has 6 heteroatoms. The highest BCUT2D eigenvalue weighted by Crippen LogP contribution is 2.26. The number of esters is 1. The van der Waals surface area contributed by atoms with Crippen LogP contribution in [0.5, 0.6) is 0 Å². The molecule has 2 N–H and O–H groups in total. The van der Waals surface area contributed by atoms with E-state index >= 15 is 0 Å². The van der Waals surface area contributed by atoms with Gasteiger partial charge >= 0.3 is 5.97 Å². The summed E-state index contributed by atoms with van der Waals surface area (Å²) in [4.78, 5) is 31.5. The molecule has 1 atom stereocenters. The van der Waals surface area contributed by atoms with Crippen molar-refractivity contribution < 1.29 is 14.3 Å². The summed E-state index contributed by atoms with van der Waals surface area (Å²) in [5.41, 5.74) is 4.39. The summed E-state index contributed by atoms with van der Waals surface area (Å²) >= 11 is 0. The molecule has 3 aromatic rings. The van der Waals surface area contributed by atoms with E-state index in [0.717, 1.165) is 40.4 Å². The van der Waals surface area contributed by atoms with Crippen LogP contribution < -0.4 is 5.32 Å². The number of nitrogens with zero attached hydrogens (tertiary/aromatic N) is 1. The van der Waals surface area contributed by atoms with Gasteiger partial charge in [-0.2, -0.15) is 0 Å². The number of carbonyl (C=O) groups excluding carboxylic acids is 2. The zero-order valence-corrected chi connectivity index (χ0v) is 15.6. The molecule has 0 aliphatic carbocycles. The summed E-state index contributed by atoms with van der Waals surface area (Å²) in [5, 5.41) is 4.14. The minimum absolute atomic E-state index is 0.337. The van der Waals surface area contributed by atoms with Gasteiger partial charge in [0, 0.05) is 23.0 Å². The highest BCUT2D eigenvalue weighted by atomic mass is 16.5. The van der Waals surface area contributed by atoms with Crippen LogP contribution in [0, 0.1) is 0 Å². The maximum Gasteiger partial charge on any atom is 0.330 e. The zero-order chi connectivity index (χ0) is 19.5. The van der Waals surface area contributed by atoms with Gasteiger partial charge in [-0.15, -0.1) is 0 Å². The Labute approximate surface area is 162 Å². The van der Waals surface area contributed by atoms with E-state index in [-0.39, 0.29) is 0 Å². The normalized spacial score (nSPS) is 14.2. The van der Waals surface area contributed by atoms with Crippen LogP contribution in [0.15, 0.2) is 53.5 Å². The largest absolute Gasteiger partial charge is 0.404 e. The Morgan fingerprint density at radius 1 is 1.29 bits per heavy atom. The monoisotopic (exact) mass is 375 g/mol. The van der Waals surface area contributed by atoms with Crippen LogP contribution in [0.4, 0.5) is 0 Å². The average molecular weight is 375 g/mol. The fourth-order valence-electron chi connectivity index (χ4n) is 3.57. The average Bonchev–Trinajstić information content (AvgIpc) is 3.12. The summed E-state index contributed by atoms with van der Waals surface area (Å²) < 4.78 is 5.68. The third-order valence-corrected chi connectivity index (χ3v) is 5.00. The molecule has 0 amide bonds. The van der Waals surface area contributed by atoms with E-state index in [2.05, 4.69) is 21.4 Å². The third kappa shape index (κ3) is 3.46. The molecule has 1 aromatic heterocycles. The first-order valence-electron chi connectivity index (χ1n) is 9.27. The Balaban J connectivity index is 1.54. The number of nitrogens with one attached hydrogen (secondary N) is 2. The predicted octanol–water partition coefficient (Wildman–Crippen LogP) is 2.66. The second-order valence-corrected chi connectivity index (χ2v) is 6.79. The Morgan fingerprint density at radius 3 is 2.96 bits per heavy atom. The van der Waals surface area contributed by atoms with E-state index in [0.29, 0.717) is 24.4 Å². The molecule has 0 bridgehead atoms. The number of fused-ring (bicyclic) bond motifs is 3. The van der Waals surface area contributed by atoms with Crippen molar-refractivity contribution in [2.75, 3.05) is 13.6 Å². The van der Waals surface area contributed by atoms with Gasteiger partial charge in [0.1, 0.15) is 18.0 Å². The number of benzene rings is 2. The predicted molar refractivity (Wildman–Crippen MR) is 108 cm³/mol. The molecule has 0 saturated heterocycles. The zero-order valence-electron chi connectivity index (χ0n) is 15.6. The Hall–Kier alpha value is -3.25. The highest BCUT2D eigenvalue weighted by Gasteiger charge is 2.26. The van der Waals surface area contributed by atoms with Crippen LogP contribution in [0.2, 0.25) is 0 Å². The molecular formula is C22H21N3O3. The van der Waals surface area contributed by atoms with Gasteiger partial charge in [-0.05, 0) is 43.1 Å². The molecule has 2 heterocycles. The molecule has 0 fully saturated rings. The van der Waals surface area contributed by atoms with E-state index in [1.807, 2.05) is 24.3 Å². The molecular weight excluding hydrogens is 354 g/mol. The molecule has 6 nitrogen and oxygen atoms in total. The van der Waals surface area contributed by atoms with E-state index in [1.165, 1.54) is 0 Å². The molecule has 1 aliphatic heterocycles. The number of carbonyl (C=O) groups is 2. The molecule has 0 saturated carbocycles. The van der Waals surface area contributed by atoms with Crippen molar-refractivity contribution in [1.29, 1.82) is 0 Å². The van der Waals surface area contributed by atoms with Crippen molar-refractivity contribution in [2.24, 2.45) is 4.99 Å². The number of hydrogen-bond acceptors (Lipinski definition) is 5. The summed E-state index contributed by atoms with van der Waals surface area (Å²) in [5.74, 6) is -0.0615. The fourth-order valence-corrected chi connectivity index (χ4v) is 3.57. The number of aromatic nitrogens is 1. The van der Waals surface area contributed by atoms with Crippen LogP contribution in [-0.2, 0) is 22.4 Å². The van der Waals surface area contributed by atoms with Gasteiger partial charge in [-0.1, -0.05) is 36.4 Å². The summed E-state index contributed by atoms with van der Waals surface area (Å²) in [6.07, 6.45) is 2.03. The molecule has 1 aliphatic rings. The van der Waals surface area contributed by atoms with Gasteiger partial charge < -0.3 is 15.0 Å². The molecule has 142 valence electrons. The number of aromatic amines is 1. The van der Waals surface area contributed by atoms with Gasteiger partial charge in [-0.3, -0.25) is 4.79 Å². The second kappa shape index (κ2) is 7.78. The van der Waals surface area contributed by atoms with Crippen molar-refractivity contribution in [1.82, 2.24) is 10.3 Å². The van der Waals surface area contributed by atoms with E-state index in [9.17, 15) is 9.59 Å². The summed E-state index contributed by atoms with van der Waals surface area (Å²) in [6, 6.07) is 14.7. The summed E-state index contributed by atoms with van der Waals surface area (Å²) in [6.45, 7) is 0.586. The van der Waals surface area contributed by atoms with Crippen LogP contribution in [0.3, 0.4) is 0 Å². The van der Waals surface area contributed by atoms with Crippen molar-refractivity contribution in [3.05, 3.63) is 70.9 Å². The lowest BCUT2D eigenvalue weighted by Crippen LogP contribution is -2.39. The lowest BCUT2D eigenvalue weighted by molar-refractivity contribution is -0.137. The number of ether oxygens (including phenoxy) is 1. The minimum atomic E-state index is -0.542. The number of aliphatic imine (C=N–C) groups is 1. The molecule has 0 spiro atoms. The lowest BCUT2D eigenvalue weighted by atomic mass is 10.0. The first kappa shape index (κ1) is 18.1. The van der Waals surface area contributed by atoms with Gasteiger partial charge in [0.15, 0.2) is 0 Å². The maximum absolute atomic E-state index is 12.8. The number of para-hydroxylation sites is 1. The Morgan fingerprint density at radius 2 is 2.14 bits per heavy atom. The minimum Gasteiger partial charge on any atom is -0.404 e. The topological polar surface area (TPSA) is 83.6 Å². The van der Waals surface area contributed by atoms with Crippen LogP contribution in [0.1, 0.15) is 27.2 Å². The van der Waals surface area contributed by atoms with E-state index in [4.69, 9.17) is 4.74 Å². The van der Waals surface area contributed by atoms with Crippen LogP contribution >= 0.6 is 0 Å². The molecule has 0 radical (unpaired) electrons. The number of H-pyrrole nitrogens is 1. The first-order valence-corrected chi connectivity index (χ1v) is 9.27. The van der Waals surface area contributed by atoms with Gasteiger partial charge in [-0.25, -0.2) is 9.79 Å². The van der Waals surface area contributed by atoms with E-state index in [1.54, 1.807) is 25.2 Å². The molecule has 0 unspecified atom stereocenters. The molecule has 28 heavy (non-hydrogen) atoms. The fraction of sp³-hybridized carbons (Fsp3) is 0.227. The smallest absolute Gasteiger partial charge is 0.330 e. The van der Waals surface area contributed by atoms with Crippen molar-refractivity contribution in [3.63, 3.8) is 0 Å². The van der Waals surface area contributed by atoms with E-state index < -0.39 is 12.0 Å². The van der Waals surface area contributed by atoms with Crippen molar-refractivity contribution in [3.8, 4) is 0 Å². The molecule has 4 rings (SSSR count). The van der Waals surface area contributed by atoms with Crippen LogP contribution in [-0.4, -0.2) is 42.8 Å². The van der Waals surface area contributed by atoms with Gasteiger partial charge in [0.2, 0.25) is 5.90 Å².